The fraction of sp³-hybridized carbons (Fsp3) is 0. The SMILES string of the molecule is [V+2].[c-]1ccccc1-c1[c-]nccn1. The monoisotopic (exact) mass is 205 g/mol. The first kappa shape index (κ1) is 9.97. The van der Waals surface area contributed by atoms with Crippen LogP contribution in [0.25, 0.3) is 11.3 Å². The molecule has 1 aromatic carbocycles. The third kappa shape index (κ3) is 2.41. The normalized spacial score (nSPS) is 8.92. The Kier molecular flexibility index (Phi) is 3.68. The standard InChI is InChI=1S/C10H6N2.V/c1-2-4-9(5-3-1)10-8-11-6-7-12-10;/h1-4,6-7H;/q-2;+2. The van der Waals surface area contributed by atoms with Gasteiger partial charge in [0, 0.05) is 0 Å². The average molecular weight is 205 g/mol. The van der Waals surface area contributed by atoms with Crippen LogP contribution in [0.15, 0.2) is 36.7 Å². The minimum Gasteiger partial charge on any atom is -0.400 e. The molecule has 3 heteroatoms. The summed E-state index contributed by atoms with van der Waals surface area (Å²) in [5, 5.41) is 0. The molecule has 0 aliphatic carbocycles. The Balaban J connectivity index is 0.000000845. The molecule has 0 aliphatic heterocycles. The second-order valence-corrected chi connectivity index (χ2v) is 2.29. The summed E-state index contributed by atoms with van der Waals surface area (Å²) in [5.74, 6) is 0. The Morgan fingerprint density at radius 3 is 2.69 bits per heavy atom. The van der Waals surface area contributed by atoms with Gasteiger partial charge in [-0.15, -0.1) is 18.0 Å². The van der Waals surface area contributed by atoms with Crippen LogP contribution >= 0.6 is 0 Å². The van der Waals surface area contributed by atoms with Crippen LogP contribution in [0.4, 0.5) is 0 Å². The van der Waals surface area contributed by atoms with Crippen molar-refractivity contribution in [1.29, 1.82) is 0 Å². The van der Waals surface area contributed by atoms with Crippen LogP contribution in [0.5, 0.6) is 0 Å². The van der Waals surface area contributed by atoms with Crippen molar-refractivity contribution < 1.29 is 18.6 Å². The van der Waals surface area contributed by atoms with Crippen LogP contribution in [0.1, 0.15) is 0 Å². The molecule has 0 aliphatic rings. The van der Waals surface area contributed by atoms with E-state index in [1.165, 1.54) is 0 Å². The molecule has 2 nitrogen and oxygen atoms in total. The van der Waals surface area contributed by atoms with E-state index in [1.807, 2.05) is 24.3 Å². The van der Waals surface area contributed by atoms with Crippen molar-refractivity contribution >= 4 is 0 Å². The first-order valence-corrected chi connectivity index (χ1v) is 3.62. The van der Waals surface area contributed by atoms with Gasteiger partial charge in [0.25, 0.3) is 0 Å². The molecular weight excluding hydrogens is 199 g/mol. The van der Waals surface area contributed by atoms with Crippen molar-refractivity contribution in [2.75, 3.05) is 0 Å². The van der Waals surface area contributed by atoms with E-state index in [4.69, 9.17) is 0 Å². The number of aromatic nitrogens is 2. The van der Waals surface area contributed by atoms with E-state index in [9.17, 15) is 0 Å². The molecule has 2 rings (SSSR count). The largest absolute Gasteiger partial charge is 2.00 e. The maximum atomic E-state index is 4.10. The van der Waals surface area contributed by atoms with Crippen molar-refractivity contribution in [2.45, 2.75) is 0 Å². The predicted molar refractivity (Wildman–Crippen MR) is 45.1 cm³/mol. The molecule has 1 aromatic heterocycles. The number of hydrogen-bond donors (Lipinski definition) is 0. The first-order chi connectivity index (χ1) is 5.97. The molecule has 1 radical (unpaired) electrons. The Bertz CT molecular complexity index is 310. The van der Waals surface area contributed by atoms with Gasteiger partial charge in [0.2, 0.25) is 0 Å². The van der Waals surface area contributed by atoms with E-state index in [0.717, 1.165) is 11.3 Å². The van der Waals surface area contributed by atoms with E-state index in [-0.39, 0.29) is 18.6 Å². The first-order valence-electron chi connectivity index (χ1n) is 3.62. The predicted octanol–water partition coefficient (Wildman–Crippen LogP) is 1.74. The molecule has 0 atom stereocenters. The summed E-state index contributed by atoms with van der Waals surface area (Å²) in [5.41, 5.74) is 1.66. The van der Waals surface area contributed by atoms with Gasteiger partial charge in [0.1, 0.15) is 0 Å². The topological polar surface area (TPSA) is 25.8 Å². The smallest absolute Gasteiger partial charge is 0.400 e. The minimum atomic E-state index is 0. The maximum Gasteiger partial charge on any atom is 2.00 e. The Morgan fingerprint density at radius 1 is 1.15 bits per heavy atom. The summed E-state index contributed by atoms with van der Waals surface area (Å²) >= 11 is 0. The van der Waals surface area contributed by atoms with Crippen LogP contribution in [0, 0.1) is 12.3 Å². The van der Waals surface area contributed by atoms with Crippen molar-refractivity contribution in [3.05, 3.63) is 48.9 Å². The molecule has 61 valence electrons. The number of benzene rings is 1. The zero-order valence-corrected chi connectivity index (χ0v) is 8.20. The van der Waals surface area contributed by atoms with E-state index in [2.05, 4.69) is 22.2 Å². The number of nitrogens with zero attached hydrogens (tertiary/aromatic N) is 2. The van der Waals surface area contributed by atoms with E-state index >= 15 is 0 Å². The van der Waals surface area contributed by atoms with Crippen LogP contribution in [0.2, 0.25) is 0 Å². The summed E-state index contributed by atoms with van der Waals surface area (Å²) in [7, 11) is 0. The molecule has 0 N–H and O–H groups in total. The third-order valence-corrected chi connectivity index (χ3v) is 1.48. The van der Waals surface area contributed by atoms with Crippen LogP contribution in [0.3, 0.4) is 0 Å². The molecule has 1 heterocycles. The van der Waals surface area contributed by atoms with E-state index in [0.29, 0.717) is 0 Å². The average Bonchev–Trinajstić information content (AvgIpc) is 2.21. The number of rotatable bonds is 1. The molecule has 2 aromatic rings. The molecule has 0 unspecified atom stereocenters. The van der Waals surface area contributed by atoms with Crippen molar-refractivity contribution in [3.63, 3.8) is 0 Å². The molecule has 0 fully saturated rings. The molecule has 0 saturated heterocycles. The fourth-order valence-electron chi connectivity index (χ4n) is 0.939. The second kappa shape index (κ2) is 4.80. The molecule has 0 spiro atoms. The van der Waals surface area contributed by atoms with E-state index in [1.54, 1.807) is 12.4 Å². The van der Waals surface area contributed by atoms with Gasteiger partial charge in [-0.05, 0) is 6.20 Å². The van der Waals surface area contributed by atoms with Gasteiger partial charge >= 0.3 is 18.6 Å². The Hall–Kier alpha value is -1.12. The minimum absolute atomic E-state index is 0. The number of hydrogen-bond acceptors (Lipinski definition) is 2. The molecule has 0 amide bonds. The van der Waals surface area contributed by atoms with Crippen molar-refractivity contribution in [3.8, 4) is 11.3 Å². The van der Waals surface area contributed by atoms with Gasteiger partial charge in [0.05, 0.1) is 0 Å². The van der Waals surface area contributed by atoms with Gasteiger partial charge in [0.15, 0.2) is 0 Å². The zero-order valence-electron chi connectivity index (χ0n) is 6.81. The van der Waals surface area contributed by atoms with Crippen LogP contribution < -0.4 is 0 Å². The van der Waals surface area contributed by atoms with Gasteiger partial charge in [-0.1, -0.05) is 6.20 Å². The summed E-state index contributed by atoms with van der Waals surface area (Å²) in [6, 6.07) is 10.7. The van der Waals surface area contributed by atoms with E-state index < -0.39 is 0 Å². The summed E-state index contributed by atoms with van der Waals surface area (Å²) < 4.78 is 0. The zero-order chi connectivity index (χ0) is 8.23. The maximum absolute atomic E-state index is 4.10. The van der Waals surface area contributed by atoms with Crippen molar-refractivity contribution in [1.82, 2.24) is 9.97 Å². The summed E-state index contributed by atoms with van der Waals surface area (Å²) in [6.45, 7) is 0. The summed E-state index contributed by atoms with van der Waals surface area (Å²) in [4.78, 5) is 7.95. The quantitative estimate of drug-likeness (QED) is 0.662. The van der Waals surface area contributed by atoms with Gasteiger partial charge in [-0.2, -0.15) is 18.2 Å². The van der Waals surface area contributed by atoms with Gasteiger partial charge in [-0.25, -0.2) is 11.6 Å². The molecule has 0 saturated carbocycles. The Labute approximate surface area is 88.9 Å². The van der Waals surface area contributed by atoms with Crippen LogP contribution in [-0.2, 0) is 18.6 Å². The molecular formula is C10H6N2V. The fourth-order valence-corrected chi connectivity index (χ4v) is 0.939. The van der Waals surface area contributed by atoms with Crippen LogP contribution in [-0.4, -0.2) is 9.97 Å². The van der Waals surface area contributed by atoms with Gasteiger partial charge < -0.3 is 9.97 Å². The third-order valence-electron chi connectivity index (χ3n) is 1.48. The van der Waals surface area contributed by atoms with Crippen molar-refractivity contribution in [2.24, 2.45) is 0 Å². The molecule has 0 bridgehead atoms. The second-order valence-electron chi connectivity index (χ2n) is 2.29. The van der Waals surface area contributed by atoms with Gasteiger partial charge in [-0.3, -0.25) is 0 Å². The Morgan fingerprint density at radius 2 is 2.08 bits per heavy atom. The summed E-state index contributed by atoms with van der Waals surface area (Å²) in [6.07, 6.45) is 6.04. The molecule has 13 heavy (non-hydrogen) atoms.